The molecule has 0 unspecified atom stereocenters. The second-order valence-electron chi connectivity index (χ2n) is 3.37. The predicted octanol–water partition coefficient (Wildman–Crippen LogP) is 2.15. The van der Waals surface area contributed by atoms with E-state index in [0.717, 1.165) is 12.1 Å². The summed E-state index contributed by atoms with van der Waals surface area (Å²) in [7, 11) is 1.70. The van der Waals surface area contributed by atoms with Crippen LogP contribution in [0.5, 0.6) is 0 Å². The molecule has 3 nitrogen and oxygen atoms in total. The van der Waals surface area contributed by atoms with Crippen molar-refractivity contribution in [3.8, 4) is 0 Å². The SMILES string of the molecule is CC/C(C)=C\C(=NC)c1ccc[nH]c1=O. The van der Waals surface area contributed by atoms with Gasteiger partial charge in [0.05, 0.1) is 11.3 Å². The minimum atomic E-state index is -0.0988. The number of nitrogens with one attached hydrogen (secondary N) is 1. The van der Waals surface area contributed by atoms with Crippen LogP contribution in [0.1, 0.15) is 25.8 Å². The molecule has 0 atom stereocenters. The van der Waals surface area contributed by atoms with E-state index >= 15 is 0 Å². The minimum absolute atomic E-state index is 0.0988. The first-order valence-corrected chi connectivity index (χ1v) is 5.01. The highest BCUT2D eigenvalue weighted by atomic mass is 16.1. The maximum Gasteiger partial charge on any atom is 0.257 e. The van der Waals surface area contributed by atoms with Crippen LogP contribution in [0, 0.1) is 0 Å². The third-order valence-electron chi connectivity index (χ3n) is 2.28. The largest absolute Gasteiger partial charge is 0.329 e. The van der Waals surface area contributed by atoms with Crippen LogP contribution >= 0.6 is 0 Å². The van der Waals surface area contributed by atoms with Crippen molar-refractivity contribution in [3.05, 3.63) is 45.9 Å². The maximum atomic E-state index is 11.5. The highest BCUT2D eigenvalue weighted by molar-refractivity contribution is 6.08. The zero-order valence-electron chi connectivity index (χ0n) is 9.37. The van der Waals surface area contributed by atoms with Gasteiger partial charge in [0.1, 0.15) is 0 Å². The molecule has 3 heteroatoms. The van der Waals surface area contributed by atoms with Crippen LogP contribution in [0.2, 0.25) is 0 Å². The summed E-state index contributed by atoms with van der Waals surface area (Å²) in [6.07, 6.45) is 4.53. The standard InChI is InChI=1S/C12H16N2O/c1-4-9(2)8-11(13-3)10-6-5-7-14-12(10)15/h5-8H,4H2,1-3H3,(H,14,15)/b9-8-,13-11?. The molecule has 0 bridgehead atoms. The number of pyridine rings is 1. The molecular formula is C12H16N2O. The lowest BCUT2D eigenvalue weighted by molar-refractivity contribution is 1.10. The Morgan fingerprint density at radius 2 is 2.33 bits per heavy atom. The Balaban J connectivity index is 3.16. The van der Waals surface area contributed by atoms with Gasteiger partial charge in [-0.2, -0.15) is 0 Å². The molecule has 0 aromatic carbocycles. The third-order valence-corrected chi connectivity index (χ3v) is 2.28. The Morgan fingerprint density at radius 3 is 2.87 bits per heavy atom. The summed E-state index contributed by atoms with van der Waals surface area (Å²) in [5.41, 5.74) is 2.46. The number of aromatic nitrogens is 1. The number of rotatable bonds is 3. The monoisotopic (exact) mass is 204 g/mol. The van der Waals surface area contributed by atoms with E-state index in [-0.39, 0.29) is 5.56 Å². The third kappa shape index (κ3) is 2.91. The van der Waals surface area contributed by atoms with E-state index in [1.807, 2.05) is 13.0 Å². The van der Waals surface area contributed by atoms with Gasteiger partial charge in [0.2, 0.25) is 0 Å². The van der Waals surface area contributed by atoms with E-state index in [1.165, 1.54) is 5.57 Å². The summed E-state index contributed by atoms with van der Waals surface area (Å²) >= 11 is 0. The van der Waals surface area contributed by atoms with E-state index < -0.39 is 0 Å². The van der Waals surface area contributed by atoms with Crippen molar-refractivity contribution in [1.82, 2.24) is 4.98 Å². The molecule has 80 valence electrons. The number of H-pyrrole nitrogens is 1. The molecule has 1 aromatic rings. The van der Waals surface area contributed by atoms with Gasteiger partial charge in [0.25, 0.3) is 5.56 Å². The molecule has 0 saturated heterocycles. The van der Waals surface area contributed by atoms with Crippen LogP contribution in [0.15, 0.2) is 39.8 Å². The number of nitrogens with zero attached hydrogens (tertiary/aromatic N) is 1. The second kappa shape index (κ2) is 5.29. The summed E-state index contributed by atoms with van der Waals surface area (Å²) in [5, 5.41) is 0. The lowest BCUT2D eigenvalue weighted by Crippen LogP contribution is -2.16. The molecule has 0 aliphatic carbocycles. The predicted molar refractivity (Wildman–Crippen MR) is 63.6 cm³/mol. The lowest BCUT2D eigenvalue weighted by Gasteiger charge is -2.01. The molecule has 0 radical (unpaired) electrons. The summed E-state index contributed by atoms with van der Waals surface area (Å²) in [6.45, 7) is 4.11. The number of allylic oxidation sites excluding steroid dienone is 2. The van der Waals surface area contributed by atoms with Crippen molar-refractivity contribution in [3.63, 3.8) is 0 Å². The first kappa shape index (κ1) is 11.4. The molecule has 0 aliphatic heterocycles. The molecule has 0 saturated carbocycles. The van der Waals surface area contributed by atoms with Crippen LogP contribution in [0.25, 0.3) is 0 Å². The zero-order chi connectivity index (χ0) is 11.3. The van der Waals surface area contributed by atoms with Crippen molar-refractivity contribution in [2.75, 3.05) is 7.05 Å². The highest BCUT2D eigenvalue weighted by Gasteiger charge is 2.03. The fourth-order valence-electron chi connectivity index (χ4n) is 1.22. The Kier molecular flexibility index (Phi) is 4.03. The van der Waals surface area contributed by atoms with Gasteiger partial charge in [-0.05, 0) is 31.6 Å². The van der Waals surface area contributed by atoms with Gasteiger partial charge in [0.15, 0.2) is 0 Å². The van der Waals surface area contributed by atoms with Crippen LogP contribution in [-0.2, 0) is 0 Å². The molecule has 15 heavy (non-hydrogen) atoms. The number of aromatic amines is 1. The minimum Gasteiger partial charge on any atom is -0.329 e. The quantitative estimate of drug-likeness (QED) is 0.753. The molecule has 1 N–H and O–H groups in total. The number of aliphatic imine (C=N–C) groups is 1. The van der Waals surface area contributed by atoms with Crippen molar-refractivity contribution in [2.24, 2.45) is 4.99 Å². The van der Waals surface area contributed by atoms with E-state index in [1.54, 1.807) is 25.4 Å². The van der Waals surface area contributed by atoms with Crippen LogP contribution in [0.4, 0.5) is 0 Å². The average molecular weight is 204 g/mol. The van der Waals surface area contributed by atoms with E-state index in [4.69, 9.17) is 0 Å². The van der Waals surface area contributed by atoms with Crippen molar-refractivity contribution in [2.45, 2.75) is 20.3 Å². The van der Waals surface area contributed by atoms with E-state index in [9.17, 15) is 4.79 Å². The summed E-state index contributed by atoms with van der Waals surface area (Å²) in [6, 6.07) is 3.58. The molecule has 0 fully saturated rings. The van der Waals surface area contributed by atoms with Gasteiger partial charge in [0, 0.05) is 13.2 Å². The van der Waals surface area contributed by atoms with Crippen LogP contribution in [0.3, 0.4) is 0 Å². The highest BCUT2D eigenvalue weighted by Crippen LogP contribution is 2.03. The van der Waals surface area contributed by atoms with Gasteiger partial charge >= 0.3 is 0 Å². The first-order chi connectivity index (χ1) is 7.19. The molecule has 1 rings (SSSR count). The fourth-order valence-corrected chi connectivity index (χ4v) is 1.22. The van der Waals surface area contributed by atoms with E-state index in [2.05, 4.69) is 16.9 Å². The van der Waals surface area contributed by atoms with Crippen molar-refractivity contribution >= 4 is 5.71 Å². The van der Waals surface area contributed by atoms with Crippen LogP contribution < -0.4 is 5.56 Å². The van der Waals surface area contributed by atoms with Gasteiger partial charge in [-0.25, -0.2) is 0 Å². The Hall–Kier alpha value is -1.64. The summed E-state index contributed by atoms with van der Waals surface area (Å²) in [5.74, 6) is 0. The van der Waals surface area contributed by atoms with Gasteiger partial charge < -0.3 is 4.98 Å². The maximum absolute atomic E-state index is 11.5. The molecule has 0 aliphatic rings. The molecular weight excluding hydrogens is 188 g/mol. The normalized spacial score (nSPS) is 13.0. The summed E-state index contributed by atoms with van der Waals surface area (Å²) < 4.78 is 0. The average Bonchev–Trinajstić information content (AvgIpc) is 2.26. The van der Waals surface area contributed by atoms with Crippen molar-refractivity contribution in [1.29, 1.82) is 0 Å². The smallest absolute Gasteiger partial charge is 0.257 e. The Bertz CT molecular complexity index is 441. The molecule has 1 heterocycles. The van der Waals surface area contributed by atoms with Crippen LogP contribution in [-0.4, -0.2) is 17.7 Å². The van der Waals surface area contributed by atoms with Gasteiger partial charge in [-0.1, -0.05) is 12.5 Å². The van der Waals surface area contributed by atoms with Gasteiger partial charge in [-0.3, -0.25) is 9.79 Å². The second-order valence-corrected chi connectivity index (χ2v) is 3.37. The first-order valence-electron chi connectivity index (χ1n) is 5.01. The summed E-state index contributed by atoms with van der Waals surface area (Å²) in [4.78, 5) is 18.3. The zero-order valence-corrected chi connectivity index (χ0v) is 9.37. The molecule has 1 aromatic heterocycles. The number of hydrogen-bond donors (Lipinski definition) is 1. The lowest BCUT2D eigenvalue weighted by atomic mass is 10.1. The Morgan fingerprint density at radius 1 is 1.60 bits per heavy atom. The Labute approximate surface area is 89.6 Å². The van der Waals surface area contributed by atoms with Crippen molar-refractivity contribution < 1.29 is 0 Å². The van der Waals surface area contributed by atoms with E-state index in [0.29, 0.717) is 5.56 Å². The topological polar surface area (TPSA) is 45.2 Å². The molecule has 0 amide bonds. The fraction of sp³-hybridized carbons (Fsp3) is 0.333. The molecule has 0 spiro atoms. The number of hydrogen-bond acceptors (Lipinski definition) is 2. The van der Waals surface area contributed by atoms with Gasteiger partial charge in [-0.15, -0.1) is 0 Å².